The van der Waals surface area contributed by atoms with E-state index < -0.39 is 0 Å². The quantitative estimate of drug-likeness (QED) is 0.581. The summed E-state index contributed by atoms with van der Waals surface area (Å²) in [5.74, 6) is 0.924. The molecule has 1 saturated heterocycles. The van der Waals surface area contributed by atoms with Gasteiger partial charge in [0.25, 0.3) is 0 Å². The van der Waals surface area contributed by atoms with Gasteiger partial charge in [-0.05, 0) is 51.1 Å². The Morgan fingerprint density at radius 2 is 1.71 bits per heavy atom. The normalized spacial score (nSPS) is 18.7. The van der Waals surface area contributed by atoms with Crippen LogP contribution in [0.15, 0.2) is 0 Å². The van der Waals surface area contributed by atoms with Crippen molar-refractivity contribution in [1.82, 2.24) is 4.90 Å². The minimum absolute atomic E-state index is 0.881. The number of rotatable bonds is 9. The highest BCUT2D eigenvalue weighted by Crippen LogP contribution is 2.15. The van der Waals surface area contributed by atoms with Crippen LogP contribution in [0.4, 0.5) is 0 Å². The van der Waals surface area contributed by atoms with E-state index >= 15 is 0 Å². The van der Waals surface area contributed by atoms with E-state index in [9.17, 15) is 0 Å². The lowest BCUT2D eigenvalue weighted by atomic mass is 9.99. The van der Waals surface area contributed by atoms with Gasteiger partial charge < -0.3 is 14.4 Å². The highest BCUT2D eigenvalue weighted by atomic mass is 16.5. The van der Waals surface area contributed by atoms with E-state index in [1.54, 1.807) is 7.11 Å². The van der Waals surface area contributed by atoms with Gasteiger partial charge in [-0.3, -0.25) is 0 Å². The molecule has 1 fully saturated rings. The number of methoxy groups -OCH3 is 1. The minimum Gasteiger partial charge on any atom is -0.385 e. The zero-order valence-electron chi connectivity index (χ0n) is 11.6. The second-order valence-electron chi connectivity index (χ2n) is 5.19. The van der Waals surface area contributed by atoms with Gasteiger partial charge >= 0.3 is 0 Å². The molecule has 0 spiro atoms. The van der Waals surface area contributed by atoms with Gasteiger partial charge in [-0.2, -0.15) is 0 Å². The van der Waals surface area contributed by atoms with Crippen molar-refractivity contribution in [3.8, 4) is 0 Å². The molecular weight excluding hydrogens is 214 g/mol. The van der Waals surface area contributed by atoms with Crippen LogP contribution >= 0.6 is 0 Å². The molecule has 0 aromatic heterocycles. The molecule has 17 heavy (non-hydrogen) atoms. The molecule has 0 aromatic rings. The number of ether oxygens (including phenoxy) is 2. The molecule has 3 nitrogen and oxygen atoms in total. The van der Waals surface area contributed by atoms with Gasteiger partial charge in [0.1, 0.15) is 0 Å². The third kappa shape index (κ3) is 7.74. The SMILES string of the molecule is COCCCCCOCCN1CCC(C)CC1. The fourth-order valence-electron chi connectivity index (χ4n) is 2.21. The van der Waals surface area contributed by atoms with Gasteiger partial charge in [-0.15, -0.1) is 0 Å². The first kappa shape index (κ1) is 14.9. The third-order valence-electron chi connectivity index (χ3n) is 3.57. The van der Waals surface area contributed by atoms with Crippen molar-refractivity contribution in [3.63, 3.8) is 0 Å². The van der Waals surface area contributed by atoms with Gasteiger partial charge in [0, 0.05) is 26.9 Å². The lowest BCUT2D eigenvalue weighted by molar-refractivity contribution is 0.0864. The maximum absolute atomic E-state index is 5.66. The highest BCUT2D eigenvalue weighted by molar-refractivity contribution is 4.68. The van der Waals surface area contributed by atoms with Crippen LogP contribution in [0.5, 0.6) is 0 Å². The predicted octanol–water partition coefficient (Wildman–Crippen LogP) is 2.55. The van der Waals surface area contributed by atoms with E-state index in [-0.39, 0.29) is 0 Å². The van der Waals surface area contributed by atoms with Crippen LogP contribution in [-0.4, -0.2) is 51.5 Å². The van der Waals surface area contributed by atoms with Crippen LogP contribution in [0, 0.1) is 5.92 Å². The Balaban J connectivity index is 1.81. The van der Waals surface area contributed by atoms with Crippen molar-refractivity contribution < 1.29 is 9.47 Å². The summed E-state index contributed by atoms with van der Waals surface area (Å²) >= 11 is 0. The van der Waals surface area contributed by atoms with Gasteiger partial charge in [0.05, 0.1) is 6.61 Å². The molecule has 0 amide bonds. The summed E-state index contributed by atoms with van der Waals surface area (Å²) in [6, 6.07) is 0. The molecule has 0 bridgehead atoms. The molecule has 0 N–H and O–H groups in total. The first-order chi connectivity index (χ1) is 8.33. The summed E-state index contributed by atoms with van der Waals surface area (Å²) in [5, 5.41) is 0. The van der Waals surface area contributed by atoms with Gasteiger partial charge in [-0.1, -0.05) is 6.92 Å². The molecule has 1 heterocycles. The third-order valence-corrected chi connectivity index (χ3v) is 3.57. The topological polar surface area (TPSA) is 21.7 Å². The Kier molecular flexibility index (Phi) is 8.67. The fourth-order valence-corrected chi connectivity index (χ4v) is 2.21. The Hall–Kier alpha value is -0.120. The smallest absolute Gasteiger partial charge is 0.0593 e. The molecule has 0 aliphatic carbocycles. The van der Waals surface area contributed by atoms with Crippen molar-refractivity contribution in [2.75, 3.05) is 46.6 Å². The monoisotopic (exact) mass is 243 g/mol. The number of hydrogen-bond donors (Lipinski definition) is 0. The summed E-state index contributed by atoms with van der Waals surface area (Å²) < 4.78 is 10.7. The molecule has 1 aliphatic heterocycles. The van der Waals surface area contributed by atoms with Crippen LogP contribution in [0.25, 0.3) is 0 Å². The van der Waals surface area contributed by atoms with Gasteiger partial charge in [0.15, 0.2) is 0 Å². The molecule has 0 aromatic carbocycles. The molecule has 0 radical (unpaired) electrons. The maximum atomic E-state index is 5.66. The number of piperidine rings is 1. The predicted molar refractivity (Wildman–Crippen MR) is 71.4 cm³/mol. The molecule has 1 rings (SSSR count). The van der Waals surface area contributed by atoms with Crippen LogP contribution in [0.1, 0.15) is 39.0 Å². The van der Waals surface area contributed by atoms with Crippen LogP contribution in [-0.2, 0) is 9.47 Å². The fraction of sp³-hybridized carbons (Fsp3) is 1.00. The van der Waals surface area contributed by atoms with Gasteiger partial charge in [-0.25, -0.2) is 0 Å². The maximum Gasteiger partial charge on any atom is 0.0593 e. The second kappa shape index (κ2) is 9.86. The average molecular weight is 243 g/mol. The van der Waals surface area contributed by atoms with Crippen molar-refractivity contribution in [1.29, 1.82) is 0 Å². The summed E-state index contributed by atoms with van der Waals surface area (Å²) in [7, 11) is 1.76. The van der Waals surface area contributed by atoms with Crippen molar-refractivity contribution in [2.24, 2.45) is 5.92 Å². The molecule has 0 unspecified atom stereocenters. The van der Waals surface area contributed by atoms with Crippen molar-refractivity contribution in [3.05, 3.63) is 0 Å². The van der Waals surface area contributed by atoms with E-state index in [0.29, 0.717) is 0 Å². The molecule has 102 valence electrons. The lowest BCUT2D eigenvalue weighted by Gasteiger charge is -2.29. The molecule has 0 atom stereocenters. The van der Waals surface area contributed by atoms with Crippen LogP contribution in [0.2, 0.25) is 0 Å². The Bertz CT molecular complexity index is 168. The molecule has 3 heteroatoms. The first-order valence-electron chi connectivity index (χ1n) is 7.12. The molecule has 1 aliphatic rings. The standard InChI is InChI=1S/C14H29NO2/c1-14-6-8-15(9-7-14)10-13-17-12-5-3-4-11-16-2/h14H,3-13H2,1-2H3. The van der Waals surface area contributed by atoms with Gasteiger partial charge in [0.2, 0.25) is 0 Å². The summed E-state index contributed by atoms with van der Waals surface area (Å²) in [5.41, 5.74) is 0. The summed E-state index contributed by atoms with van der Waals surface area (Å²) in [4.78, 5) is 2.53. The Labute approximate surface area is 106 Å². The summed E-state index contributed by atoms with van der Waals surface area (Å²) in [6.45, 7) is 8.69. The van der Waals surface area contributed by atoms with E-state index in [1.807, 2.05) is 0 Å². The first-order valence-corrected chi connectivity index (χ1v) is 7.12. The average Bonchev–Trinajstić information content (AvgIpc) is 2.35. The zero-order valence-corrected chi connectivity index (χ0v) is 11.6. The van der Waals surface area contributed by atoms with Crippen molar-refractivity contribution in [2.45, 2.75) is 39.0 Å². The Morgan fingerprint density at radius 3 is 2.41 bits per heavy atom. The number of hydrogen-bond acceptors (Lipinski definition) is 3. The second-order valence-corrected chi connectivity index (χ2v) is 5.19. The van der Waals surface area contributed by atoms with E-state index in [0.717, 1.165) is 38.7 Å². The number of likely N-dealkylation sites (tertiary alicyclic amines) is 1. The molecular formula is C14H29NO2. The van der Waals surface area contributed by atoms with E-state index in [4.69, 9.17) is 9.47 Å². The van der Waals surface area contributed by atoms with E-state index in [1.165, 1.54) is 38.8 Å². The number of unbranched alkanes of at least 4 members (excludes halogenated alkanes) is 2. The van der Waals surface area contributed by atoms with E-state index in [2.05, 4.69) is 11.8 Å². The minimum atomic E-state index is 0.881. The highest BCUT2D eigenvalue weighted by Gasteiger charge is 2.14. The Morgan fingerprint density at radius 1 is 1.00 bits per heavy atom. The van der Waals surface area contributed by atoms with Crippen molar-refractivity contribution >= 4 is 0 Å². The lowest BCUT2D eigenvalue weighted by Crippen LogP contribution is -2.35. The molecule has 0 saturated carbocycles. The zero-order chi connectivity index (χ0) is 12.3. The number of nitrogens with zero attached hydrogens (tertiary/aromatic N) is 1. The van der Waals surface area contributed by atoms with Crippen LogP contribution < -0.4 is 0 Å². The largest absolute Gasteiger partial charge is 0.385 e. The summed E-state index contributed by atoms with van der Waals surface area (Å²) in [6.07, 6.45) is 6.26. The van der Waals surface area contributed by atoms with Crippen LogP contribution in [0.3, 0.4) is 0 Å².